The molecule has 1 heterocycles. The summed E-state index contributed by atoms with van der Waals surface area (Å²) in [6, 6.07) is 12.9. The maximum absolute atomic E-state index is 5.97. The van der Waals surface area contributed by atoms with E-state index < -0.39 is 0 Å². The Bertz CT molecular complexity index is 872. The second kappa shape index (κ2) is 6.35. The van der Waals surface area contributed by atoms with Crippen LogP contribution in [0.25, 0.3) is 10.9 Å². The van der Waals surface area contributed by atoms with Crippen LogP contribution in [0.3, 0.4) is 0 Å². The van der Waals surface area contributed by atoms with Crippen molar-refractivity contribution < 1.29 is 4.74 Å². The van der Waals surface area contributed by atoms with E-state index in [1.807, 2.05) is 38.1 Å². The molecule has 0 fully saturated rings. The number of rotatable bonds is 4. The third kappa shape index (κ3) is 3.25. The van der Waals surface area contributed by atoms with Crippen molar-refractivity contribution >= 4 is 22.4 Å². The Kier molecular flexibility index (Phi) is 4.25. The van der Waals surface area contributed by atoms with Gasteiger partial charge in [0.2, 0.25) is 0 Å². The van der Waals surface area contributed by atoms with Gasteiger partial charge in [0.25, 0.3) is 0 Å². The average Bonchev–Trinajstić information content (AvgIpc) is 2.53. The largest absolute Gasteiger partial charge is 0.496 e. The Labute approximate surface area is 141 Å². The van der Waals surface area contributed by atoms with Gasteiger partial charge in [0.05, 0.1) is 18.7 Å². The number of fused-ring (bicyclic) bond motifs is 1. The second-order valence-corrected chi connectivity index (χ2v) is 5.96. The number of hydrogen-bond acceptors (Lipinski definition) is 5. The molecule has 0 bridgehead atoms. The fraction of sp³-hybridized carbons (Fsp3) is 0.263. The van der Waals surface area contributed by atoms with Gasteiger partial charge in [-0.25, -0.2) is 9.97 Å². The standard InChI is InChI=1S/C19H21N4O/c1-11-7-14(9-15(20)8-11)12(2)21-19-17-10-16(24-4)5-6-18(17)22-13(3)23-19/h6-10,12H,20H2,1-4H3,(H,21,22,23)/t12-/m1/s1. The molecule has 0 unspecified atom stereocenters. The first-order chi connectivity index (χ1) is 11.5. The number of aryl methyl sites for hydroxylation is 2. The smallest absolute Gasteiger partial charge is 0.138 e. The molecular weight excluding hydrogens is 300 g/mol. The van der Waals surface area contributed by atoms with Gasteiger partial charge in [0.15, 0.2) is 0 Å². The Morgan fingerprint density at radius 3 is 2.67 bits per heavy atom. The van der Waals surface area contributed by atoms with Crippen LogP contribution in [0.5, 0.6) is 5.75 Å². The lowest BCUT2D eigenvalue weighted by molar-refractivity contribution is 0.414. The maximum Gasteiger partial charge on any atom is 0.138 e. The van der Waals surface area contributed by atoms with Crippen molar-refractivity contribution in [3.8, 4) is 5.75 Å². The first-order valence-corrected chi connectivity index (χ1v) is 7.84. The predicted molar refractivity (Wildman–Crippen MR) is 97.3 cm³/mol. The molecule has 1 aromatic heterocycles. The summed E-state index contributed by atoms with van der Waals surface area (Å²) < 4.78 is 5.27. The van der Waals surface area contributed by atoms with E-state index in [1.54, 1.807) is 7.11 Å². The van der Waals surface area contributed by atoms with E-state index in [1.165, 1.54) is 0 Å². The Hall–Kier alpha value is -2.82. The second-order valence-electron chi connectivity index (χ2n) is 5.96. The molecule has 2 aromatic carbocycles. The van der Waals surface area contributed by atoms with Crippen molar-refractivity contribution in [2.24, 2.45) is 0 Å². The lowest BCUT2D eigenvalue weighted by Gasteiger charge is -2.18. The zero-order valence-corrected chi connectivity index (χ0v) is 14.3. The number of hydrogen-bond donors (Lipinski definition) is 2. The molecule has 3 aromatic rings. The molecule has 5 heteroatoms. The summed E-state index contributed by atoms with van der Waals surface area (Å²) in [4.78, 5) is 9.03. The van der Waals surface area contributed by atoms with Crippen molar-refractivity contribution in [2.75, 3.05) is 18.2 Å². The van der Waals surface area contributed by atoms with E-state index in [9.17, 15) is 0 Å². The van der Waals surface area contributed by atoms with E-state index in [0.717, 1.165) is 33.5 Å². The summed E-state index contributed by atoms with van der Waals surface area (Å²) in [5.74, 6) is 2.14. The minimum absolute atomic E-state index is 0.0554. The van der Waals surface area contributed by atoms with Crippen LogP contribution in [0.15, 0.2) is 30.3 Å². The normalized spacial score (nSPS) is 12.2. The van der Waals surface area contributed by atoms with E-state index in [4.69, 9.17) is 10.5 Å². The lowest BCUT2D eigenvalue weighted by atomic mass is 10.0. The van der Waals surface area contributed by atoms with Crippen molar-refractivity contribution in [3.05, 3.63) is 53.3 Å². The summed E-state index contributed by atoms with van der Waals surface area (Å²) in [5, 5.41) is 4.38. The molecule has 24 heavy (non-hydrogen) atoms. The molecule has 123 valence electrons. The molecule has 3 N–H and O–H groups in total. The summed E-state index contributed by atoms with van der Waals surface area (Å²) in [7, 11) is 1.62. The quantitative estimate of drug-likeness (QED) is 0.715. The van der Waals surface area contributed by atoms with Crippen LogP contribution in [0, 0.1) is 19.9 Å². The van der Waals surface area contributed by atoms with Crippen molar-refractivity contribution in [1.82, 2.24) is 9.97 Å². The molecule has 0 aliphatic heterocycles. The number of nitrogens with two attached hydrogens (primary N) is 1. The van der Waals surface area contributed by atoms with Crippen LogP contribution >= 0.6 is 0 Å². The first-order valence-electron chi connectivity index (χ1n) is 7.84. The van der Waals surface area contributed by atoms with Crippen LogP contribution in [0.4, 0.5) is 11.5 Å². The molecule has 0 aliphatic carbocycles. The predicted octanol–water partition coefficient (Wildman–Crippen LogP) is 3.81. The van der Waals surface area contributed by atoms with E-state index in [2.05, 4.69) is 34.3 Å². The van der Waals surface area contributed by atoms with Gasteiger partial charge in [-0.1, -0.05) is 6.07 Å². The van der Waals surface area contributed by atoms with Gasteiger partial charge in [-0.05, 0) is 56.2 Å². The first kappa shape index (κ1) is 16.1. The van der Waals surface area contributed by atoms with E-state index >= 15 is 0 Å². The number of aromatic nitrogens is 2. The average molecular weight is 321 g/mol. The molecule has 0 saturated carbocycles. The summed E-state index contributed by atoms with van der Waals surface area (Å²) in [6.07, 6.45) is 0. The third-order valence-electron chi connectivity index (χ3n) is 3.91. The van der Waals surface area contributed by atoms with Crippen LogP contribution < -0.4 is 15.8 Å². The van der Waals surface area contributed by atoms with Gasteiger partial charge >= 0.3 is 0 Å². The SMILES string of the molecule is COc1[c]cc2nc(C)nc(N[C@H](C)c3cc(C)cc(N)c3)c2c1. The number of methoxy groups -OCH3 is 1. The van der Waals surface area contributed by atoms with Crippen LogP contribution in [0.2, 0.25) is 0 Å². The third-order valence-corrected chi connectivity index (χ3v) is 3.91. The molecule has 5 nitrogen and oxygen atoms in total. The highest BCUT2D eigenvalue weighted by Crippen LogP contribution is 2.28. The number of anilines is 2. The van der Waals surface area contributed by atoms with E-state index in [-0.39, 0.29) is 6.04 Å². The topological polar surface area (TPSA) is 73.1 Å². The number of ether oxygens (including phenoxy) is 1. The van der Waals surface area contributed by atoms with Crippen molar-refractivity contribution in [2.45, 2.75) is 26.8 Å². The lowest BCUT2D eigenvalue weighted by Crippen LogP contribution is -2.10. The fourth-order valence-corrected chi connectivity index (χ4v) is 2.78. The van der Waals surface area contributed by atoms with Crippen LogP contribution in [-0.2, 0) is 0 Å². The molecule has 0 saturated heterocycles. The zero-order chi connectivity index (χ0) is 17.3. The van der Waals surface area contributed by atoms with Gasteiger partial charge in [0, 0.05) is 17.1 Å². The number of nitrogen functional groups attached to an aromatic ring is 1. The Balaban J connectivity index is 2.02. The van der Waals surface area contributed by atoms with Gasteiger partial charge < -0.3 is 15.8 Å². The zero-order valence-electron chi connectivity index (χ0n) is 14.3. The molecule has 1 radical (unpaired) electrons. The summed E-state index contributed by atoms with van der Waals surface area (Å²) >= 11 is 0. The van der Waals surface area contributed by atoms with Crippen molar-refractivity contribution in [3.63, 3.8) is 0 Å². The molecule has 0 amide bonds. The number of benzene rings is 2. The van der Waals surface area contributed by atoms with Crippen LogP contribution in [-0.4, -0.2) is 17.1 Å². The molecule has 0 aliphatic rings. The highest BCUT2D eigenvalue weighted by Gasteiger charge is 2.12. The molecule has 0 spiro atoms. The van der Waals surface area contributed by atoms with Gasteiger partial charge in [0.1, 0.15) is 17.4 Å². The fourth-order valence-electron chi connectivity index (χ4n) is 2.78. The van der Waals surface area contributed by atoms with Gasteiger partial charge in [-0.15, -0.1) is 0 Å². The highest BCUT2D eigenvalue weighted by atomic mass is 16.5. The minimum atomic E-state index is 0.0554. The molecular formula is C19H21N4O. The minimum Gasteiger partial charge on any atom is -0.496 e. The van der Waals surface area contributed by atoms with Crippen LogP contribution in [0.1, 0.15) is 29.9 Å². The van der Waals surface area contributed by atoms with Gasteiger partial charge in [-0.2, -0.15) is 0 Å². The summed E-state index contributed by atoms with van der Waals surface area (Å²) in [6.45, 7) is 6.01. The highest BCUT2D eigenvalue weighted by molar-refractivity contribution is 5.90. The number of nitrogens with zero attached hydrogens (tertiary/aromatic N) is 2. The number of nitrogens with one attached hydrogen (secondary N) is 1. The Morgan fingerprint density at radius 1 is 1.17 bits per heavy atom. The van der Waals surface area contributed by atoms with E-state index in [0.29, 0.717) is 11.6 Å². The van der Waals surface area contributed by atoms with Gasteiger partial charge in [-0.3, -0.25) is 0 Å². The maximum atomic E-state index is 5.97. The monoisotopic (exact) mass is 321 g/mol. The Morgan fingerprint density at radius 2 is 1.96 bits per heavy atom. The molecule has 3 rings (SSSR count). The van der Waals surface area contributed by atoms with Crippen molar-refractivity contribution in [1.29, 1.82) is 0 Å². The summed E-state index contributed by atoms with van der Waals surface area (Å²) in [5.41, 5.74) is 9.82. The molecule has 1 atom stereocenters.